The Bertz CT molecular complexity index is 1110. The van der Waals surface area contributed by atoms with E-state index in [9.17, 15) is 19.2 Å². The third kappa shape index (κ3) is 6.38. The van der Waals surface area contributed by atoms with Gasteiger partial charge in [-0.3, -0.25) is 24.2 Å². The predicted molar refractivity (Wildman–Crippen MR) is 136 cm³/mol. The van der Waals surface area contributed by atoms with Crippen LogP contribution >= 0.6 is 0 Å². The van der Waals surface area contributed by atoms with Gasteiger partial charge in [0.25, 0.3) is 0 Å². The van der Waals surface area contributed by atoms with Gasteiger partial charge in [-0.2, -0.15) is 0 Å². The summed E-state index contributed by atoms with van der Waals surface area (Å²) in [6, 6.07) is 0.763. The van der Waals surface area contributed by atoms with Crippen LogP contribution in [0.15, 0.2) is 54.5 Å². The Balaban J connectivity index is 1.69. The highest BCUT2D eigenvalue weighted by Gasteiger charge is 2.34. The molecule has 3 heterocycles. The van der Waals surface area contributed by atoms with E-state index < -0.39 is 17.7 Å². The number of nitrogens with two attached hydrogens (primary N) is 1. The molecule has 10 nitrogen and oxygen atoms in total. The minimum Gasteiger partial charge on any atom is -0.374 e. The number of nitrogens with zero attached hydrogens (tertiary/aromatic N) is 3. The van der Waals surface area contributed by atoms with Gasteiger partial charge in [0.05, 0.1) is 23.5 Å². The summed E-state index contributed by atoms with van der Waals surface area (Å²) in [6.45, 7) is 9.21. The molecule has 192 valence electrons. The summed E-state index contributed by atoms with van der Waals surface area (Å²) in [4.78, 5) is 56.7. The van der Waals surface area contributed by atoms with Crippen LogP contribution in [0.1, 0.15) is 43.5 Å². The first-order valence-electron chi connectivity index (χ1n) is 12.0. The van der Waals surface area contributed by atoms with Crippen LogP contribution in [0.3, 0.4) is 0 Å². The number of rotatable bonds is 7. The minimum absolute atomic E-state index is 0.0576. The fraction of sp³-hybridized carbons (Fsp3) is 0.423. The first kappa shape index (κ1) is 26.7. The number of hydrogen-bond donors (Lipinski definition) is 3. The van der Waals surface area contributed by atoms with Crippen LogP contribution in [0.5, 0.6) is 0 Å². The number of piperidine rings is 1. The number of pyridine rings is 1. The van der Waals surface area contributed by atoms with E-state index >= 15 is 0 Å². The fourth-order valence-electron chi connectivity index (χ4n) is 4.41. The smallest absolute Gasteiger partial charge is 0.313 e. The maximum atomic E-state index is 13.1. The molecule has 0 aliphatic carbocycles. The minimum atomic E-state index is -0.825. The molecule has 0 radical (unpaired) electrons. The molecular weight excluding hydrogens is 460 g/mol. The van der Waals surface area contributed by atoms with Crippen molar-refractivity contribution in [3.05, 3.63) is 60.1 Å². The summed E-state index contributed by atoms with van der Waals surface area (Å²) in [5.41, 5.74) is 7.08. The number of carbonyl (C=O) groups excluding carboxylic acids is 4. The van der Waals surface area contributed by atoms with E-state index in [0.29, 0.717) is 25.1 Å². The lowest BCUT2D eigenvalue weighted by atomic mass is 9.90. The highest BCUT2D eigenvalue weighted by molar-refractivity contribution is 6.39. The Morgan fingerprint density at radius 1 is 1.19 bits per heavy atom. The van der Waals surface area contributed by atoms with Crippen LogP contribution in [0, 0.1) is 5.92 Å². The van der Waals surface area contributed by atoms with E-state index in [1.54, 1.807) is 16.8 Å². The van der Waals surface area contributed by atoms with Crippen molar-refractivity contribution < 1.29 is 19.2 Å². The van der Waals surface area contributed by atoms with Gasteiger partial charge in [-0.15, -0.1) is 0 Å². The zero-order chi connectivity index (χ0) is 26.4. The van der Waals surface area contributed by atoms with Crippen molar-refractivity contribution in [2.24, 2.45) is 11.7 Å². The highest BCUT2D eigenvalue weighted by Crippen LogP contribution is 2.27. The predicted octanol–water partition coefficient (Wildman–Crippen LogP) is 1.58. The molecule has 0 unspecified atom stereocenters. The van der Waals surface area contributed by atoms with Gasteiger partial charge in [-0.1, -0.05) is 25.7 Å². The SMILES string of the molecule is C=C(/C=C\C(=C/C)N[C@@H]1CCN(C)C1=O)[C@@H]1CC[C@@H](C)CN1C(=O)C(=O)Nc1cncc(C(N)=O)c1. The summed E-state index contributed by atoms with van der Waals surface area (Å²) in [7, 11) is 1.79. The summed E-state index contributed by atoms with van der Waals surface area (Å²) >= 11 is 0. The van der Waals surface area contributed by atoms with Crippen LogP contribution in [-0.2, 0) is 14.4 Å². The fourth-order valence-corrected chi connectivity index (χ4v) is 4.41. The van der Waals surface area contributed by atoms with Crippen LogP contribution < -0.4 is 16.4 Å². The van der Waals surface area contributed by atoms with Crippen LogP contribution in [0.4, 0.5) is 5.69 Å². The topological polar surface area (TPSA) is 138 Å². The monoisotopic (exact) mass is 494 g/mol. The van der Waals surface area contributed by atoms with Gasteiger partial charge >= 0.3 is 11.8 Å². The number of hydrogen-bond acceptors (Lipinski definition) is 6. The third-order valence-corrected chi connectivity index (χ3v) is 6.54. The van der Waals surface area contributed by atoms with Gasteiger partial charge in [0.15, 0.2) is 0 Å². The summed E-state index contributed by atoms with van der Waals surface area (Å²) < 4.78 is 0. The molecule has 4 N–H and O–H groups in total. The molecular formula is C26H34N6O4. The highest BCUT2D eigenvalue weighted by atomic mass is 16.2. The lowest BCUT2D eigenvalue weighted by Crippen LogP contribution is -2.50. The molecule has 4 amide bonds. The van der Waals surface area contributed by atoms with E-state index in [1.807, 2.05) is 32.1 Å². The summed E-state index contributed by atoms with van der Waals surface area (Å²) in [6.07, 6.45) is 10.5. The van der Waals surface area contributed by atoms with Crippen molar-refractivity contribution in [1.29, 1.82) is 0 Å². The number of primary amides is 1. The maximum absolute atomic E-state index is 13.1. The van der Waals surface area contributed by atoms with Crippen molar-refractivity contribution in [2.45, 2.75) is 45.2 Å². The Labute approximate surface area is 211 Å². The quantitative estimate of drug-likeness (QED) is 0.389. The molecule has 1 aromatic heterocycles. The zero-order valence-electron chi connectivity index (χ0n) is 21.0. The van der Waals surface area contributed by atoms with Crippen molar-refractivity contribution in [3.8, 4) is 0 Å². The average Bonchev–Trinajstić information content (AvgIpc) is 3.17. The van der Waals surface area contributed by atoms with E-state index in [2.05, 4.69) is 22.2 Å². The number of nitrogens with one attached hydrogen (secondary N) is 2. The van der Waals surface area contributed by atoms with Crippen molar-refractivity contribution in [1.82, 2.24) is 20.1 Å². The summed E-state index contributed by atoms with van der Waals surface area (Å²) in [5, 5.41) is 5.77. The van der Waals surface area contributed by atoms with Gasteiger partial charge in [0, 0.05) is 32.0 Å². The number of aromatic nitrogens is 1. The van der Waals surface area contributed by atoms with Gasteiger partial charge in [-0.25, -0.2) is 0 Å². The lowest BCUT2D eigenvalue weighted by Gasteiger charge is -2.38. The largest absolute Gasteiger partial charge is 0.374 e. The van der Waals surface area contributed by atoms with Gasteiger partial charge in [0.2, 0.25) is 11.8 Å². The standard InChI is InChI=1S/C26H34N6O4/c1-5-19(29-21-10-11-31(4)25(21)35)8-7-17(3)22-9-6-16(2)15-32(22)26(36)24(34)30-20-12-18(23(27)33)13-28-14-20/h5,7-8,12-14,16,21-22,29H,3,6,9-11,15H2,1-2,4H3,(H2,27,33)(H,30,34)/b8-7-,19-5+/t16-,21-,22+/m1/s1. The Morgan fingerprint density at radius 3 is 2.58 bits per heavy atom. The van der Waals surface area contributed by atoms with Gasteiger partial charge in [-0.05, 0) is 49.8 Å². The second-order valence-corrected chi connectivity index (χ2v) is 9.33. The molecule has 1 aromatic rings. The second-order valence-electron chi connectivity index (χ2n) is 9.33. The van der Waals surface area contributed by atoms with Gasteiger partial charge in [0.1, 0.15) is 6.04 Å². The lowest BCUT2D eigenvalue weighted by molar-refractivity contribution is -0.145. The normalized spacial score (nSPS) is 22.6. The number of carbonyl (C=O) groups is 4. The molecule has 0 saturated carbocycles. The third-order valence-electron chi connectivity index (χ3n) is 6.54. The number of allylic oxidation sites excluding steroid dienone is 2. The Morgan fingerprint density at radius 2 is 1.94 bits per heavy atom. The van der Waals surface area contributed by atoms with Crippen molar-refractivity contribution in [3.63, 3.8) is 0 Å². The van der Waals surface area contributed by atoms with Crippen molar-refractivity contribution in [2.75, 3.05) is 25.5 Å². The maximum Gasteiger partial charge on any atom is 0.313 e. The molecule has 0 spiro atoms. The van der Waals surface area contributed by atoms with Crippen molar-refractivity contribution >= 4 is 29.3 Å². The average molecular weight is 495 g/mol. The van der Waals surface area contributed by atoms with E-state index in [4.69, 9.17) is 5.73 Å². The number of likely N-dealkylation sites (tertiary alicyclic amines) is 2. The van der Waals surface area contributed by atoms with Crippen LogP contribution in [0.2, 0.25) is 0 Å². The molecule has 36 heavy (non-hydrogen) atoms. The zero-order valence-corrected chi connectivity index (χ0v) is 21.0. The summed E-state index contributed by atoms with van der Waals surface area (Å²) in [5.74, 6) is -1.91. The number of likely N-dealkylation sites (N-methyl/N-ethyl adjacent to an activating group) is 1. The van der Waals surface area contributed by atoms with E-state index in [0.717, 1.165) is 18.5 Å². The molecule has 2 aliphatic heterocycles. The first-order chi connectivity index (χ1) is 17.1. The number of anilines is 1. The molecule has 2 saturated heterocycles. The van der Waals surface area contributed by atoms with E-state index in [1.165, 1.54) is 18.5 Å². The second kappa shape index (κ2) is 11.7. The Hall–Kier alpha value is -3.95. The molecule has 0 aromatic carbocycles. The first-order valence-corrected chi connectivity index (χ1v) is 12.0. The molecule has 2 fully saturated rings. The molecule has 0 bridgehead atoms. The van der Waals surface area contributed by atoms with Crippen LogP contribution in [-0.4, -0.2) is 70.6 Å². The molecule has 3 atom stereocenters. The van der Waals surface area contributed by atoms with Gasteiger partial charge < -0.3 is 26.2 Å². The van der Waals surface area contributed by atoms with Crippen LogP contribution in [0.25, 0.3) is 0 Å². The number of amides is 4. The van der Waals surface area contributed by atoms with E-state index in [-0.39, 0.29) is 35.2 Å². The Kier molecular flexibility index (Phi) is 8.63. The molecule has 10 heteroatoms. The molecule has 2 aliphatic rings. The molecule has 3 rings (SSSR count).